The van der Waals surface area contributed by atoms with E-state index < -0.39 is 23.6 Å². The fraction of sp³-hybridized carbons (Fsp3) is 0.300. The summed E-state index contributed by atoms with van der Waals surface area (Å²) >= 11 is 0. The molecule has 0 saturated heterocycles. The van der Waals surface area contributed by atoms with Crippen LogP contribution in [0.3, 0.4) is 0 Å². The molecule has 0 bridgehead atoms. The van der Waals surface area contributed by atoms with Crippen molar-refractivity contribution in [3.63, 3.8) is 0 Å². The third-order valence-electron chi connectivity index (χ3n) is 4.38. The number of hydrogen-bond acceptors (Lipinski definition) is 4. The van der Waals surface area contributed by atoms with E-state index in [1.807, 2.05) is 24.3 Å². The molecule has 3 rings (SSSR count). The summed E-state index contributed by atoms with van der Waals surface area (Å²) < 4.78 is 26.8. The van der Waals surface area contributed by atoms with Gasteiger partial charge in [0.1, 0.15) is 18.2 Å². The van der Waals surface area contributed by atoms with Gasteiger partial charge in [-0.15, -0.1) is 10.2 Å². The van der Waals surface area contributed by atoms with Gasteiger partial charge in [-0.3, -0.25) is 4.79 Å². The maximum Gasteiger partial charge on any atom is 0.244 e. The van der Waals surface area contributed by atoms with Crippen LogP contribution >= 0.6 is 0 Å². The standard InChI is InChI=1S/C20H21F2N5O/c1-12(2)14-4-6-15(7-5-14)20-24-26-27(25-20)11-19(28)23-13(3)17-9-8-16(21)10-18(17)22/h4-10,12-13H,11H2,1-3H3,(H,23,28)/t13-/m0/s1. The van der Waals surface area contributed by atoms with Crippen molar-refractivity contribution >= 4 is 5.91 Å². The Morgan fingerprint density at radius 2 is 1.82 bits per heavy atom. The normalized spacial score (nSPS) is 12.2. The van der Waals surface area contributed by atoms with Crippen LogP contribution in [0.5, 0.6) is 0 Å². The molecule has 1 amide bonds. The maximum absolute atomic E-state index is 13.8. The lowest BCUT2D eigenvalue weighted by molar-refractivity contribution is -0.122. The number of hydrogen-bond donors (Lipinski definition) is 1. The highest BCUT2D eigenvalue weighted by Crippen LogP contribution is 2.20. The molecule has 0 fully saturated rings. The fourth-order valence-corrected chi connectivity index (χ4v) is 2.79. The minimum atomic E-state index is -0.709. The quantitative estimate of drug-likeness (QED) is 0.703. The second-order valence-electron chi connectivity index (χ2n) is 6.88. The predicted octanol–water partition coefficient (Wildman–Crippen LogP) is 3.62. The van der Waals surface area contributed by atoms with Crippen LogP contribution in [0.15, 0.2) is 42.5 Å². The lowest BCUT2D eigenvalue weighted by atomic mass is 10.0. The number of rotatable bonds is 6. The van der Waals surface area contributed by atoms with E-state index in [0.717, 1.165) is 17.7 Å². The molecule has 1 heterocycles. The highest BCUT2D eigenvalue weighted by Gasteiger charge is 2.16. The van der Waals surface area contributed by atoms with Crippen LogP contribution in [0.2, 0.25) is 0 Å². The molecule has 0 aliphatic carbocycles. The molecule has 146 valence electrons. The van der Waals surface area contributed by atoms with Gasteiger partial charge < -0.3 is 5.32 Å². The summed E-state index contributed by atoms with van der Waals surface area (Å²) in [4.78, 5) is 13.4. The second-order valence-corrected chi connectivity index (χ2v) is 6.88. The Labute approximate surface area is 161 Å². The molecular weight excluding hydrogens is 364 g/mol. The molecular formula is C20H21F2N5O. The van der Waals surface area contributed by atoms with Crippen LogP contribution in [0.4, 0.5) is 8.78 Å². The molecule has 28 heavy (non-hydrogen) atoms. The Balaban J connectivity index is 1.63. The molecule has 6 nitrogen and oxygen atoms in total. The van der Waals surface area contributed by atoms with Crippen LogP contribution in [0.1, 0.15) is 43.9 Å². The first-order chi connectivity index (χ1) is 13.3. The zero-order valence-electron chi connectivity index (χ0n) is 15.9. The van der Waals surface area contributed by atoms with Crippen LogP contribution in [0.25, 0.3) is 11.4 Å². The summed E-state index contributed by atoms with van der Waals surface area (Å²) in [6.07, 6.45) is 0. The Morgan fingerprint density at radius 1 is 1.11 bits per heavy atom. The lowest BCUT2D eigenvalue weighted by Gasteiger charge is -2.14. The van der Waals surface area contributed by atoms with Gasteiger partial charge in [-0.05, 0) is 29.7 Å². The molecule has 0 unspecified atom stereocenters. The first-order valence-electron chi connectivity index (χ1n) is 8.96. The largest absolute Gasteiger partial charge is 0.348 e. The van der Waals surface area contributed by atoms with E-state index >= 15 is 0 Å². The number of halogens is 2. The molecule has 0 aliphatic rings. The second kappa shape index (κ2) is 8.24. The van der Waals surface area contributed by atoms with Crippen LogP contribution < -0.4 is 5.32 Å². The molecule has 0 radical (unpaired) electrons. The van der Waals surface area contributed by atoms with Gasteiger partial charge in [0, 0.05) is 17.2 Å². The van der Waals surface area contributed by atoms with Crippen molar-refractivity contribution in [2.45, 2.75) is 39.3 Å². The van der Waals surface area contributed by atoms with Gasteiger partial charge in [-0.25, -0.2) is 8.78 Å². The number of benzene rings is 2. The van der Waals surface area contributed by atoms with Crippen molar-refractivity contribution in [1.29, 1.82) is 0 Å². The minimum Gasteiger partial charge on any atom is -0.348 e. The molecule has 1 aromatic heterocycles. The number of amides is 1. The fourth-order valence-electron chi connectivity index (χ4n) is 2.79. The predicted molar refractivity (Wildman–Crippen MR) is 100 cm³/mol. The third kappa shape index (κ3) is 4.57. The molecule has 1 N–H and O–H groups in total. The molecule has 1 atom stereocenters. The zero-order valence-corrected chi connectivity index (χ0v) is 15.9. The average Bonchev–Trinajstić information content (AvgIpc) is 3.09. The van der Waals surface area contributed by atoms with Gasteiger partial charge in [-0.2, -0.15) is 4.80 Å². The first kappa shape index (κ1) is 19.6. The van der Waals surface area contributed by atoms with Gasteiger partial charge in [-0.1, -0.05) is 44.2 Å². The van der Waals surface area contributed by atoms with Crippen LogP contribution in [-0.2, 0) is 11.3 Å². The van der Waals surface area contributed by atoms with E-state index in [1.165, 1.54) is 16.4 Å². The Bertz CT molecular complexity index is 969. The SMILES string of the molecule is CC(C)c1ccc(-c2nnn(CC(=O)N[C@@H](C)c3ccc(F)cc3F)n2)cc1. The van der Waals surface area contributed by atoms with E-state index in [-0.39, 0.29) is 12.1 Å². The summed E-state index contributed by atoms with van der Waals surface area (Å²) in [5, 5.41) is 14.7. The number of nitrogens with zero attached hydrogens (tertiary/aromatic N) is 4. The highest BCUT2D eigenvalue weighted by molar-refractivity contribution is 5.76. The molecule has 0 saturated carbocycles. The molecule has 3 aromatic rings. The Hall–Kier alpha value is -3.16. The summed E-state index contributed by atoms with van der Waals surface area (Å²) in [6.45, 7) is 5.68. The van der Waals surface area contributed by atoms with Gasteiger partial charge >= 0.3 is 0 Å². The summed E-state index contributed by atoms with van der Waals surface area (Å²) in [5.74, 6) is -0.940. The number of tetrazole rings is 1. The molecule has 8 heteroatoms. The van der Waals surface area contributed by atoms with Crippen molar-refractivity contribution < 1.29 is 13.6 Å². The third-order valence-corrected chi connectivity index (χ3v) is 4.38. The summed E-state index contributed by atoms with van der Waals surface area (Å²) in [5.41, 5.74) is 2.21. The average molecular weight is 385 g/mol. The van der Waals surface area contributed by atoms with Crippen LogP contribution in [0, 0.1) is 11.6 Å². The van der Waals surface area contributed by atoms with E-state index in [2.05, 4.69) is 34.6 Å². The summed E-state index contributed by atoms with van der Waals surface area (Å²) in [7, 11) is 0. The van der Waals surface area contributed by atoms with Crippen molar-refractivity contribution in [3.05, 3.63) is 65.2 Å². The van der Waals surface area contributed by atoms with Crippen molar-refractivity contribution in [3.8, 4) is 11.4 Å². The Kier molecular flexibility index (Phi) is 5.77. The van der Waals surface area contributed by atoms with E-state index in [9.17, 15) is 13.6 Å². The number of nitrogens with one attached hydrogen (secondary N) is 1. The highest BCUT2D eigenvalue weighted by atomic mass is 19.1. The number of aromatic nitrogens is 4. The smallest absolute Gasteiger partial charge is 0.244 e. The van der Waals surface area contributed by atoms with Gasteiger partial charge in [0.15, 0.2) is 0 Å². The molecule has 0 spiro atoms. The lowest BCUT2D eigenvalue weighted by Crippen LogP contribution is -2.31. The number of carbonyl (C=O) groups excluding carboxylic acids is 1. The molecule has 2 aromatic carbocycles. The van der Waals surface area contributed by atoms with Gasteiger partial charge in [0.25, 0.3) is 0 Å². The van der Waals surface area contributed by atoms with Crippen molar-refractivity contribution in [2.24, 2.45) is 0 Å². The van der Waals surface area contributed by atoms with E-state index in [4.69, 9.17) is 0 Å². The van der Waals surface area contributed by atoms with E-state index in [1.54, 1.807) is 6.92 Å². The zero-order chi connectivity index (χ0) is 20.3. The topological polar surface area (TPSA) is 72.7 Å². The first-order valence-corrected chi connectivity index (χ1v) is 8.96. The monoisotopic (exact) mass is 385 g/mol. The van der Waals surface area contributed by atoms with Gasteiger partial charge in [0.2, 0.25) is 11.7 Å². The number of carbonyl (C=O) groups is 1. The van der Waals surface area contributed by atoms with E-state index in [0.29, 0.717) is 11.7 Å². The Morgan fingerprint density at radius 3 is 2.46 bits per heavy atom. The maximum atomic E-state index is 13.8. The van der Waals surface area contributed by atoms with Gasteiger partial charge in [0.05, 0.1) is 6.04 Å². The van der Waals surface area contributed by atoms with Crippen molar-refractivity contribution in [1.82, 2.24) is 25.5 Å². The minimum absolute atomic E-state index is 0.162. The summed E-state index contributed by atoms with van der Waals surface area (Å²) in [6, 6.07) is 10.5. The van der Waals surface area contributed by atoms with Crippen LogP contribution in [-0.4, -0.2) is 26.1 Å². The van der Waals surface area contributed by atoms with Crippen molar-refractivity contribution in [2.75, 3.05) is 0 Å². The molecule has 0 aliphatic heterocycles.